The summed E-state index contributed by atoms with van der Waals surface area (Å²) in [5.41, 5.74) is 15.0. The van der Waals surface area contributed by atoms with Gasteiger partial charge in [0.25, 0.3) is 0 Å². The molecule has 2 saturated heterocycles. The number of fused-ring (bicyclic) bond motifs is 7. The van der Waals surface area contributed by atoms with Crippen LogP contribution in [0, 0.1) is 46.3 Å². The Labute approximate surface area is 253 Å². The zero-order valence-corrected chi connectivity index (χ0v) is 26.2. The van der Waals surface area contributed by atoms with E-state index in [0.29, 0.717) is 52.5 Å². The van der Waals surface area contributed by atoms with E-state index in [9.17, 15) is 4.79 Å². The van der Waals surface area contributed by atoms with Gasteiger partial charge in [0.2, 0.25) is 0 Å². The van der Waals surface area contributed by atoms with Gasteiger partial charge in [0.15, 0.2) is 5.79 Å². The number of aryl methyl sites for hydroxylation is 1. The van der Waals surface area contributed by atoms with Gasteiger partial charge in [-0.05, 0) is 141 Å². The average molecular weight is 579 g/mol. The molecule has 6 nitrogen and oxygen atoms in total. The van der Waals surface area contributed by atoms with E-state index in [1.807, 2.05) is 12.1 Å². The molecule has 1 aromatic carbocycles. The number of esters is 1. The monoisotopic (exact) mass is 578 g/mol. The quantitative estimate of drug-likeness (QED) is 0.281. The van der Waals surface area contributed by atoms with Crippen LogP contribution in [0.2, 0.25) is 0 Å². The topological polar surface area (TPSA) is 96.8 Å². The maximum absolute atomic E-state index is 12.8. The number of hydrogen-bond donors (Lipinski definition) is 2. The SMILES string of the molecule is CC1C2C(CC3C4CCC5CC(OC(=O)CCCc6cc(N)cc(N)c6)CCC5(C)C4CCC32C)OC12CCCCO2. The Morgan fingerprint density at radius 3 is 2.50 bits per heavy atom. The number of nitrogen functional groups attached to an aromatic ring is 2. The molecule has 0 bridgehead atoms. The van der Waals surface area contributed by atoms with Gasteiger partial charge in [-0.25, -0.2) is 0 Å². The fourth-order valence-electron chi connectivity index (χ4n) is 11.8. The van der Waals surface area contributed by atoms with Crippen molar-refractivity contribution in [2.45, 2.75) is 129 Å². The third kappa shape index (κ3) is 4.69. The van der Waals surface area contributed by atoms with Gasteiger partial charge in [0.05, 0.1) is 12.7 Å². The minimum Gasteiger partial charge on any atom is -0.462 e. The lowest BCUT2D eigenvalue weighted by Crippen LogP contribution is -2.55. The van der Waals surface area contributed by atoms with Gasteiger partial charge in [-0.1, -0.05) is 20.8 Å². The Hall–Kier alpha value is -1.79. The molecule has 11 unspecified atom stereocenters. The Balaban J connectivity index is 0.955. The molecular weight excluding hydrogens is 524 g/mol. The van der Waals surface area contributed by atoms with Crippen LogP contribution in [0.15, 0.2) is 18.2 Å². The van der Waals surface area contributed by atoms with E-state index >= 15 is 0 Å². The summed E-state index contributed by atoms with van der Waals surface area (Å²) < 4.78 is 19.4. The lowest BCUT2D eigenvalue weighted by molar-refractivity contribution is -0.265. The van der Waals surface area contributed by atoms with E-state index in [1.165, 1.54) is 51.4 Å². The van der Waals surface area contributed by atoms with E-state index in [4.69, 9.17) is 25.7 Å². The summed E-state index contributed by atoms with van der Waals surface area (Å²) in [6, 6.07) is 5.66. The smallest absolute Gasteiger partial charge is 0.306 e. The highest BCUT2D eigenvalue weighted by Crippen LogP contribution is 2.71. The number of rotatable bonds is 5. The molecule has 6 aliphatic rings. The first kappa shape index (κ1) is 29.0. The van der Waals surface area contributed by atoms with Crippen molar-refractivity contribution in [2.24, 2.45) is 46.3 Å². The Morgan fingerprint density at radius 1 is 0.952 bits per heavy atom. The molecule has 11 atom stereocenters. The van der Waals surface area contributed by atoms with Crippen molar-refractivity contribution in [1.82, 2.24) is 0 Å². The molecular formula is C36H54N2O4. The largest absolute Gasteiger partial charge is 0.462 e. The van der Waals surface area contributed by atoms with Crippen molar-refractivity contribution in [1.29, 1.82) is 0 Å². The van der Waals surface area contributed by atoms with Gasteiger partial charge in [0.1, 0.15) is 6.10 Å². The minimum absolute atomic E-state index is 0.0473. The van der Waals surface area contributed by atoms with Crippen LogP contribution in [-0.4, -0.2) is 30.6 Å². The second-order valence-corrected chi connectivity index (χ2v) is 15.8. The van der Waals surface area contributed by atoms with E-state index < -0.39 is 0 Å². The molecule has 7 rings (SSSR count). The van der Waals surface area contributed by atoms with Crippen LogP contribution in [0.5, 0.6) is 0 Å². The number of benzene rings is 1. The molecule has 0 amide bonds. The van der Waals surface area contributed by atoms with Crippen LogP contribution in [0.25, 0.3) is 0 Å². The fraction of sp³-hybridized carbons (Fsp3) is 0.806. The van der Waals surface area contributed by atoms with E-state index in [2.05, 4.69) is 20.8 Å². The number of carbonyl (C=O) groups excluding carboxylic acids is 1. The van der Waals surface area contributed by atoms with Crippen LogP contribution in [-0.2, 0) is 25.4 Å². The molecule has 0 radical (unpaired) electrons. The molecule has 42 heavy (non-hydrogen) atoms. The predicted octanol–water partition coefficient (Wildman–Crippen LogP) is 7.29. The van der Waals surface area contributed by atoms with Crippen LogP contribution >= 0.6 is 0 Å². The number of carbonyl (C=O) groups is 1. The standard InChI is InChI=1S/C36H54N2O4/c1-22-33-31(42-36(22)13-4-5-16-40-36)21-30-28-10-9-24-19-27(11-14-34(24,2)29(28)12-15-35(30,33)3)41-32(39)8-6-7-23-17-25(37)20-26(38)18-23/h17-18,20,22,24,27-31,33H,4-16,19,21,37-38H2,1-3H3. The first-order chi connectivity index (χ1) is 20.1. The maximum Gasteiger partial charge on any atom is 0.306 e. The van der Waals surface area contributed by atoms with Gasteiger partial charge < -0.3 is 25.7 Å². The number of ether oxygens (including phenoxy) is 3. The molecule has 2 aliphatic heterocycles. The van der Waals surface area contributed by atoms with Crippen LogP contribution < -0.4 is 11.5 Å². The molecule has 6 fully saturated rings. The van der Waals surface area contributed by atoms with Crippen molar-refractivity contribution < 1.29 is 19.0 Å². The van der Waals surface area contributed by atoms with Crippen LogP contribution in [0.1, 0.15) is 110 Å². The fourth-order valence-corrected chi connectivity index (χ4v) is 11.8. The Morgan fingerprint density at radius 2 is 1.74 bits per heavy atom. The van der Waals surface area contributed by atoms with Crippen LogP contribution in [0.3, 0.4) is 0 Å². The molecule has 4 saturated carbocycles. The lowest BCUT2D eigenvalue weighted by Gasteiger charge is -2.61. The zero-order valence-electron chi connectivity index (χ0n) is 26.2. The number of hydrogen-bond acceptors (Lipinski definition) is 6. The molecule has 4 aliphatic carbocycles. The molecule has 4 N–H and O–H groups in total. The minimum atomic E-state index is -0.304. The number of anilines is 2. The maximum atomic E-state index is 12.8. The lowest BCUT2D eigenvalue weighted by atomic mass is 9.44. The summed E-state index contributed by atoms with van der Waals surface area (Å²) in [6.07, 6.45) is 15.8. The normalized spacial score (nSPS) is 46.0. The van der Waals surface area contributed by atoms with Gasteiger partial charge in [-0.2, -0.15) is 0 Å². The third-order valence-corrected chi connectivity index (χ3v) is 13.7. The molecule has 6 heteroatoms. The first-order valence-corrected chi connectivity index (χ1v) is 17.3. The van der Waals surface area contributed by atoms with Crippen molar-refractivity contribution in [3.8, 4) is 0 Å². The highest BCUT2D eigenvalue weighted by molar-refractivity contribution is 5.69. The molecule has 2 heterocycles. The Kier molecular flexibility index (Phi) is 7.36. The van der Waals surface area contributed by atoms with Crippen molar-refractivity contribution in [2.75, 3.05) is 18.1 Å². The highest BCUT2D eigenvalue weighted by Gasteiger charge is 2.69. The summed E-state index contributed by atoms with van der Waals surface area (Å²) in [4.78, 5) is 12.8. The van der Waals surface area contributed by atoms with Gasteiger partial charge >= 0.3 is 5.97 Å². The van der Waals surface area contributed by atoms with E-state index in [0.717, 1.165) is 62.0 Å². The molecule has 1 spiro atoms. The average Bonchev–Trinajstić information content (AvgIpc) is 3.38. The Bertz CT molecular complexity index is 1160. The molecule has 232 valence electrons. The summed E-state index contributed by atoms with van der Waals surface area (Å²) >= 11 is 0. The summed E-state index contributed by atoms with van der Waals surface area (Å²) in [5, 5.41) is 0. The van der Waals surface area contributed by atoms with Crippen LogP contribution in [0.4, 0.5) is 11.4 Å². The van der Waals surface area contributed by atoms with Gasteiger partial charge in [-0.15, -0.1) is 0 Å². The summed E-state index contributed by atoms with van der Waals surface area (Å²) in [5.74, 6) is 3.84. The van der Waals surface area contributed by atoms with E-state index in [-0.39, 0.29) is 17.9 Å². The predicted molar refractivity (Wildman–Crippen MR) is 165 cm³/mol. The first-order valence-electron chi connectivity index (χ1n) is 17.3. The molecule has 0 aromatic heterocycles. The van der Waals surface area contributed by atoms with Crippen molar-refractivity contribution in [3.05, 3.63) is 23.8 Å². The third-order valence-electron chi connectivity index (χ3n) is 13.7. The van der Waals surface area contributed by atoms with Crippen molar-refractivity contribution in [3.63, 3.8) is 0 Å². The summed E-state index contributed by atoms with van der Waals surface area (Å²) in [7, 11) is 0. The summed E-state index contributed by atoms with van der Waals surface area (Å²) in [6.45, 7) is 8.55. The number of nitrogens with two attached hydrogens (primary N) is 2. The highest BCUT2D eigenvalue weighted by atomic mass is 16.7. The zero-order chi connectivity index (χ0) is 29.3. The second-order valence-electron chi connectivity index (χ2n) is 15.8. The van der Waals surface area contributed by atoms with E-state index in [1.54, 1.807) is 6.07 Å². The van der Waals surface area contributed by atoms with Gasteiger partial charge in [0, 0.05) is 30.1 Å². The molecule has 1 aromatic rings. The van der Waals surface area contributed by atoms with Crippen molar-refractivity contribution >= 4 is 17.3 Å². The van der Waals surface area contributed by atoms with Gasteiger partial charge in [-0.3, -0.25) is 4.79 Å². The second kappa shape index (κ2) is 10.7.